The van der Waals surface area contributed by atoms with Gasteiger partial charge in [0, 0.05) is 12.3 Å². The van der Waals surface area contributed by atoms with Crippen molar-refractivity contribution in [1.29, 1.82) is 0 Å². The normalized spacial score (nSPS) is 18.1. The van der Waals surface area contributed by atoms with Crippen LogP contribution in [-0.2, 0) is 4.79 Å². The molecule has 1 aliphatic heterocycles. The predicted octanol–water partition coefficient (Wildman–Crippen LogP) is 2.45. The monoisotopic (exact) mass is 311 g/mol. The molecular formula is C14H17NO3S2. The Bertz CT molecular complexity index is 507. The maximum atomic E-state index is 11.2. The summed E-state index contributed by atoms with van der Waals surface area (Å²) in [4.78, 5) is 13.9. The fourth-order valence-corrected chi connectivity index (χ4v) is 3.64. The molecule has 0 bridgehead atoms. The van der Waals surface area contributed by atoms with E-state index in [4.69, 9.17) is 17.0 Å². The number of carbonyl (C=O) groups excluding carboxylic acids is 1. The average molecular weight is 311 g/mol. The number of phenolic OH excluding ortho intramolecular Hbond substituents is 1. The Kier molecular flexibility index (Phi) is 5.25. The zero-order valence-electron chi connectivity index (χ0n) is 11.2. The van der Waals surface area contributed by atoms with Crippen LogP contribution in [0.4, 0.5) is 0 Å². The van der Waals surface area contributed by atoms with Crippen molar-refractivity contribution in [1.82, 2.24) is 4.90 Å². The van der Waals surface area contributed by atoms with E-state index in [-0.39, 0.29) is 16.9 Å². The highest BCUT2D eigenvalue weighted by atomic mass is 32.2. The minimum Gasteiger partial charge on any atom is -0.504 e. The topological polar surface area (TPSA) is 49.8 Å². The molecule has 0 spiro atoms. The van der Waals surface area contributed by atoms with Crippen LogP contribution in [0.15, 0.2) is 24.3 Å². The van der Waals surface area contributed by atoms with E-state index < -0.39 is 0 Å². The number of hydrogen-bond donors (Lipinski definition) is 1. The van der Waals surface area contributed by atoms with Crippen molar-refractivity contribution >= 4 is 34.8 Å². The van der Waals surface area contributed by atoms with E-state index in [0.29, 0.717) is 23.8 Å². The number of nitrogens with zero attached hydrogens (tertiary/aromatic N) is 1. The Morgan fingerprint density at radius 1 is 1.55 bits per heavy atom. The first kappa shape index (κ1) is 15.1. The molecule has 108 valence electrons. The number of benzene rings is 1. The molecule has 2 rings (SSSR count). The maximum Gasteiger partial charge on any atom is 0.161 e. The van der Waals surface area contributed by atoms with E-state index in [0.717, 1.165) is 12.3 Å². The van der Waals surface area contributed by atoms with Gasteiger partial charge in [-0.05, 0) is 19.1 Å². The van der Waals surface area contributed by atoms with Gasteiger partial charge in [-0.3, -0.25) is 4.79 Å². The van der Waals surface area contributed by atoms with Gasteiger partial charge >= 0.3 is 0 Å². The Morgan fingerprint density at radius 3 is 3.00 bits per heavy atom. The fraction of sp³-hybridized carbons (Fsp3) is 0.429. The minimum atomic E-state index is 0.0762. The summed E-state index contributed by atoms with van der Waals surface area (Å²) in [6.45, 7) is 2.81. The molecule has 1 saturated heterocycles. The van der Waals surface area contributed by atoms with Crippen molar-refractivity contribution in [3.05, 3.63) is 24.3 Å². The van der Waals surface area contributed by atoms with Crippen molar-refractivity contribution in [2.75, 3.05) is 18.9 Å². The number of hydrogen-bond acceptors (Lipinski definition) is 5. The molecule has 0 saturated carbocycles. The summed E-state index contributed by atoms with van der Waals surface area (Å²) >= 11 is 7.06. The summed E-state index contributed by atoms with van der Waals surface area (Å²) < 4.78 is 5.65. The lowest BCUT2D eigenvalue weighted by Crippen LogP contribution is -2.37. The second-order valence-electron chi connectivity index (χ2n) is 4.57. The molecule has 1 atom stereocenters. The zero-order chi connectivity index (χ0) is 14.5. The molecule has 1 aliphatic rings. The van der Waals surface area contributed by atoms with Gasteiger partial charge in [0.2, 0.25) is 0 Å². The van der Waals surface area contributed by atoms with Crippen LogP contribution in [-0.4, -0.2) is 45.1 Å². The summed E-state index contributed by atoms with van der Waals surface area (Å²) in [5.41, 5.74) is 0. The van der Waals surface area contributed by atoms with E-state index in [1.807, 2.05) is 11.0 Å². The number of thiocarbonyl (C=S) groups is 1. The lowest BCUT2D eigenvalue weighted by Gasteiger charge is -2.26. The number of rotatable bonds is 5. The molecule has 0 radical (unpaired) electrons. The molecule has 0 aromatic heterocycles. The fourth-order valence-electron chi connectivity index (χ4n) is 2.00. The number of Topliss-reactive ketones (excluding diaryl/α,β-unsaturated/α-hetero) is 1. The molecule has 1 N–H and O–H groups in total. The van der Waals surface area contributed by atoms with Gasteiger partial charge in [-0.15, -0.1) is 11.8 Å². The standard InChI is InChI=1S/C14H17NO3S2/c1-10(16)8-13(19)15-6-7-20-14(15)9-18-12-5-3-2-4-11(12)17/h2-5,14,17H,6-9H2,1H3. The third-order valence-corrected chi connectivity index (χ3v) is 4.53. The number of ether oxygens (including phenoxy) is 1. The van der Waals surface area contributed by atoms with Crippen molar-refractivity contribution in [3.8, 4) is 11.5 Å². The summed E-state index contributed by atoms with van der Waals surface area (Å²) in [6, 6.07) is 6.89. The second kappa shape index (κ2) is 6.95. The molecule has 4 nitrogen and oxygen atoms in total. The number of phenols is 1. The van der Waals surface area contributed by atoms with Crippen LogP contribution in [0.25, 0.3) is 0 Å². The smallest absolute Gasteiger partial charge is 0.161 e. The highest BCUT2D eigenvalue weighted by Gasteiger charge is 2.28. The van der Waals surface area contributed by atoms with Gasteiger partial charge in [-0.25, -0.2) is 0 Å². The molecule has 1 aromatic rings. The first-order chi connectivity index (χ1) is 9.58. The Labute approximate surface area is 128 Å². The van der Waals surface area contributed by atoms with Gasteiger partial charge in [-0.2, -0.15) is 0 Å². The van der Waals surface area contributed by atoms with Gasteiger partial charge in [-0.1, -0.05) is 24.4 Å². The maximum absolute atomic E-state index is 11.2. The van der Waals surface area contributed by atoms with E-state index >= 15 is 0 Å². The van der Waals surface area contributed by atoms with Gasteiger partial charge in [0.25, 0.3) is 0 Å². The largest absolute Gasteiger partial charge is 0.504 e. The van der Waals surface area contributed by atoms with Crippen LogP contribution in [0, 0.1) is 0 Å². The van der Waals surface area contributed by atoms with E-state index in [1.54, 1.807) is 36.9 Å². The highest BCUT2D eigenvalue weighted by Crippen LogP contribution is 2.29. The highest BCUT2D eigenvalue weighted by molar-refractivity contribution is 8.00. The Hall–Kier alpha value is -1.27. The van der Waals surface area contributed by atoms with Crippen molar-refractivity contribution in [3.63, 3.8) is 0 Å². The quantitative estimate of drug-likeness (QED) is 0.843. The third kappa shape index (κ3) is 3.86. The molecule has 6 heteroatoms. The summed E-state index contributed by atoms with van der Waals surface area (Å²) in [5.74, 6) is 1.64. The minimum absolute atomic E-state index is 0.0762. The zero-order valence-corrected chi connectivity index (χ0v) is 12.9. The molecule has 20 heavy (non-hydrogen) atoms. The molecule has 1 fully saturated rings. The van der Waals surface area contributed by atoms with Crippen LogP contribution in [0.2, 0.25) is 0 Å². The van der Waals surface area contributed by atoms with Gasteiger partial charge in [0.15, 0.2) is 11.5 Å². The number of thioether (sulfide) groups is 1. The number of aromatic hydroxyl groups is 1. The summed E-state index contributed by atoms with van der Waals surface area (Å²) in [6.07, 6.45) is 0.309. The molecular weight excluding hydrogens is 294 g/mol. The molecule has 1 aromatic carbocycles. The van der Waals surface area contributed by atoms with E-state index in [9.17, 15) is 9.90 Å². The van der Waals surface area contributed by atoms with Crippen molar-refractivity contribution in [2.24, 2.45) is 0 Å². The van der Waals surface area contributed by atoms with Gasteiger partial charge in [0.1, 0.15) is 17.8 Å². The summed E-state index contributed by atoms with van der Waals surface area (Å²) in [5, 5.41) is 9.76. The van der Waals surface area contributed by atoms with Crippen LogP contribution >= 0.6 is 24.0 Å². The molecule has 1 unspecified atom stereocenters. The van der Waals surface area contributed by atoms with E-state index in [2.05, 4.69) is 0 Å². The Morgan fingerprint density at radius 2 is 2.30 bits per heavy atom. The number of carbonyl (C=O) groups is 1. The van der Waals surface area contributed by atoms with Crippen LogP contribution < -0.4 is 4.74 Å². The SMILES string of the molecule is CC(=O)CC(=S)N1CCSC1COc1ccccc1O. The molecule has 0 aliphatic carbocycles. The Balaban J connectivity index is 1.93. The van der Waals surface area contributed by atoms with Crippen LogP contribution in [0.3, 0.4) is 0 Å². The van der Waals surface area contributed by atoms with Gasteiger partial charge in [0.05, 0.1) is 11.4 Å². The van der Waals surface area contributed by atoms with Crippen LogP contribution in [0.5, 0.6) is 11.5 Å². The van der Waals surface area contributed by atoms with Crippen molar-refractivity contribution in [2.45, 2.75) is 18.7 Å². The van der Waals surface area contributed by atoms with Crippen LogP contribution in [0.1, 0.15) is 13.3 Å². The van der Waals surface area contributed by atoms with Crippen molar-refractivity contribution < 1.29 is 14.6 Å². The van der Waals surface area contributed by atoms with E-state index in [1.165, 1.54) is 0 Å². The molecule has 0 amide bonds. The number of para-hydroxylation sites is 2. The van der Waals surface area contributed by atoms with Gasteiger partial charge < -0.3 is 14.7 Å². The second-order valence-corrected chi connectivity index (χ2v) is 6.33. The summed E-state index contributed by atoms with van der Waals surface area (Å²) in [7, 11) is 0. The first-order valence-corrected chi connectivity index (χ1v) is 7.85. The number of ketones is 1. The first-order valence-electron chi connectivity index (χ1n) is 6.39. The molecule has 1 heterocycles. The lowest BCUT2D eigenvalue weighted by atomic mass is 10.3. The lowest BCUT2D eigenvalue weighted by molar-refractivity contribution is -0.115. The third-order valence-electron chi connectivity index (χ3n) is 2.96. The predicted molar refractivity (Wildman–Crippen MR) is 84.4 cm³/mol. The average Bonchev–Trinajstić information content (AvgIpc) is 2.85.